The quantitative estimate of drug-likeness (QED) is 0.679. The molecule has 1 unspecified atom stereocenters. The summed E-state index contributed by atoms with van der Waals surface area (Å²) in [5, 5.41) is 1.32. The van der Waals surface area contributed by atoms with Crippen molar-refractivity contribution >= 4 is 44.2 Å². The lowest BCUT2D eigenvalue weighted by Crippen LogP contribution is -2.38. The third-order valence-corrected chi connectivity index (χ3v) is 5.78. The lowest BCUT2D eigenvalue weighted by molar-refractivity contribution is 0.0906. The van der Waals surface area contributed by atoms with E-state index in [4.69, 9.17) is 21.3 Å². The van der Waals surface area contributed by atoms with E-state index in [0.29, 0.717) is 22.5 Å². The molecule has 1 atom stereocenters. The number of anilines is 1. The van der Waals surface area contributed by atoms with Crippen molar-refractivity contribution in [1.29, 1.82) is 0 Å². The Hall–Kier alpha value is -1.96. The largest absolute Gasteiger partial charge is 0.376 e. The average Bonchev–Trinajstić information content (AvgIpc) is 3.32. The van der Waals surface area contributed by atoms with E-state index in [1.807, 2.05) is 26.1 Å². The fourth-order valence-corrected chi connectivity index (χ4v) is 4.62. The van der Waals surface area contributed by atoms with Crippen LogP contribution >= 0.6 is 22.9 Å². The summed E-state index contributed by atoms with van der Waals surface area (Å²) < 4.78 is 8.44. The van der Waals surface area contributed by atoms with Crippen LogP contribution in [0, 0.1) is 6.92 Å². The summed E-state index contributed by atoms with van der Waals surface area (Å²) in [6.45, 7) is 3.19. The second-order valence-electron chi connectivity index (χ2n) is 6.48. The number of benzene rings is 1. The molecular weight excluding hydrogens is 372 g/mol. The third kappa shape index (κ3) is 3.22. The highest BCUT2D eigenvalue weighted by molar-refractivity contribution is 7.22. The number of amides is 1. The first-order chi connectivity index (χ1) is 12.5. The predicted octanol–water partition coefficient (Wildman–Crippen LogP) is 3.82. The monoisotopic (exact) mass is 390 g/mol. The second-order valence-corrected chi connectivity index (χ2v) is 7.92. The number of aryl methyl sites for hydroxylation is 2. The Kier molecular flexibility index (Phi) is 4.69. The summed E-state index contributed by atoms with van der Waals surface area (Å²) in [6.07, 6.45) is 5.37. The number of imidazole rings is 1. The minimum Gasteiger partial charge on any atom is -0.376 e. The van der Waals surface area contributed by atoms with Gasteiger partial charge in [0.15, 0.2) is 11.0 Å². The number of hydrogen-bond acceptors (Lipinski definition) is 5. The first-order valence-corrected chi connectivity index (χ1v) is 9.70. The van der Waals surface area contributed by atoms with Crippen LogP contribution in [0.1, 0.15) is 29.0 Å². The zero-order chi connectivity index (χ0) is 18.3. The molecule has 3 heterocycles. The van der Waals surface area contributed by atoms with Crippen LogP contribution in [0.5, 0.6) is 0 Å². The van der Waals surface area contributed by atoms with Crippen molar-refractivity contribution in [1.82, 2.24) is 14.5 Å². The molecule has 136 valence electrons. The van der Waals surface area contributed by atoms with Crippen LogP contribution in [0.2, 0.25) is 5.02 Å². The highest BCUT2D eigenvalue weighted by atomic mass is 35.5. The number of thiazole rings is 1. The Bertz CT molecular complexity index is 961. The number of carbonyl (C=O) groups excluding carboxylic acids is 1. The maximum absolute atomic E-state index is 13.2. The molecule has 26 heavy (non-hydrogen) atoms. The summed E-state index contributed by atoms with van der Waals surface area (Å²) in [5.74, 6) is 0.216. The molecule has 1 saturated heterocycles. The standard InChI is InChI=1S/C18H19ClN4O2S/c1-11-8-12(19)9-14-15(11)21-18(26-14)23(10-13-4-3-7-25-13)17(24)16-20-5-6-22(16)2/h5-6,8-9,13H,3-4,7,10H2,1-2H3. The molecule has 0 saturated carbocycles. The molecule has 0 spiro atoms. The van der Waals surface area contributed by atoms with Gasteiger partial charge in [0, 0.05) is 31.1 Å². The van der Waals surface area contributed by atoms with Crippen molar-refractivity contribution in [3.05, 3.63) is 40.9 Å². The summed E-state index contributed by atoms with van der Waals surface area (Å²) in [4.78, 5) is 23.8. The van der Waals surface area contributed by atoms with Crippen LogP contribution in [0.15, 0.2) is 24.5 Å². The minimum atomic E-state index is -0.171. The molecule has 1 amide bonds. The highest BCUT2D eigenvalue weighted by Gasteiger charge is 2.29. The van der Waals surface area contributed by atoms with Gasteiger partial charge in [-0.3, -0.25) is 9.69 Å². The number of nitrogens with zero attached hydrogens (tertiary/aromatic N) is 4. The van der Waals surface area contributed by atoms with Gasteiger partial charge in [-0.15, -0.1) is 0 Å². The van der Waals surface area contributed by atoms with E-state index in [1.54, 1.807) is 21.9 Å². The van der Waals surface area contributed by atoms with Crippen LogP contribution in [-0.2, 0) is 11.8 Å². The first-order valence-electron chi connectivity index (χ1n) is 8.50. The normalized spacial score (nSPS) is 17.1. The van der Waals surface area contributed by atoms with Gasteiger partial charge in [0.1, 0.15) is 0 Å². The van der Waals surface area contributed by atoms with E-state index in [2.05, 4.69) is 4.98 Å². The van der Waals surface area contributed by atoms with Crippen LogP contribution in [0.3, 0.4) is 0 Å². The van der Waals surface area contributed by atoms with Gasteiger partial charge in [-0.1, -0.05) is 22.9 Å². The molecule has 0 radical (unpaired) electrons. The number of rotatable bonds is 4. The molecule has 0 aliphatic carbocycles. The van der Waals surface area contributed by atoms with Gasteiger partial charge in [-0.05, 0) is 37.5 Å². The van der Waals surface area contributed by atoms with Crippen LogP contribution in [-0.4, -0.2) is 39.7 Å². The van der Waals surface area contributed by atoms with Gasteiger partial charge < -0.3 is 9.30 Å². The summed E-state index contributed by atoms with van der Waals surface area (Å²) in [5.41, 5.74) is 1.87. The molecule has 3 aromatic rings. The van der Waals surface area contributed by atoms with Crippen molar-refractivity contribution in [2.75, 3.05) is 18.1 Å². The van der Waals surface area contributed by atoms with E-state index in [9.17, 15) is 4.79 Å². The maximum Gasteiger partial charge on any atom is 0.296 e. The second kappa shape index (κ2) is 6.98. The van der Waals surface area contributed by atoms with Gasteiger partial charge >= 0.3 is 0 Å². The van der Waals surface area contributed by atoms with Gasteiger partial charge in [-0.2, -0.15) is 0 Å². The van der Waals surface area contributed by atoms with Crippen molar-refractivity contribution in [2.45, 2.75) is 25.9 Å². The number of carbonyl (C=O) groups is 1. The van der Waals surface area contributed by atoms with Crippen molar-refractivity contribution in [2.24, 2.45) is 7.05 Å². The zero-order valence-corrected chi connectivity index (χ0v) is 16.2. The van der Waals surface area contributed by atoms with Crippen LogP contribution < -0.4 is 4.90 Å². The highest BCUT2D eigenvalue weighted by Crippen LogP contribution is 2.34. The predicted molar refractivity (Wildman–Crippen MR) is 103 cm³/mol. The molecule has 1 aliphatic rings. The topological polar surface area (TPSA) is 60.2 Å². The Morgan fingerprint density at radius 1 is 1.50 bits per heavy atom. The van der Waals surface area contributed by atoms with Gasteiger partial charge in [-0.25, -0.2) is 9.97 Å². The minimum absolute atomic E-state index is 0.0240. The molecule has 8 heteroatoms. The van der Waals surface area contributed by atoms with E-state index >= 15 is 0 Å². The number of halogens is 1. The Labute approximate surface area is 160 Å². The summed E-state index contributed by atoms with van der Waals surface area (Å²) in [6, 6.07) is 3.78. The van der Waals surface area contributed by atoms with Crippen LogP contribution in [0.25, 0.3) is 10.2 Å². The lowest BCUT2D eigenvalue weighted by atomic mass is 10.2. The van der Waals surface area contributed by atoms with E-state index in [-0.39, 0.29) is 12.0 Å². The summed E-state index contributed by atoms with van der Waals surface area (Å²) >= 11 is 7.65. The molecular formula is C18H19ClN4O2S. The van der Waals surface area contributed by atoms with Crippen molar-refractivity contribution < 1.29 is 9.53 Å². The fourth-order valence-electron chi connectivity index (χ4n) is 3.19. The molecule has 4 rings (SSSR count). The van der Waals surface area contributed by atoms with Gasteiger partial charge in [0.25, 0.3) is 5.91 Å². The first kappa shape index (κ1) is 17.5. The van der Waals surface area contributed by atoms with Gasteiger partial charge in [0.05, 0.1) is 22.9 Å². The van der Waals surface area contributed by atoms with E-state index in [0.717, 1.165) is 35.2 Å². The fraction of sp³-hybridized carbons (Fsp3) is 0.389. The maximum atomic E-state index is 13.2. The molecule has 2 aromatic heterocycles. The molecule has 1 fully saturated rings. The Morgan fingerprint density at radius 2 is 2.35 bits per heavy atom. The number of aromatic nitrogens is 3. The molecule has 0 bridgehead atoms. The average molecular weight is 391 g/mol. The van der Waals surface area contributed by atoms with E-state index < -0.39 is 0 Å². The summed E-state index contributed by atoms with van der Waals surface area (Å²) in [7, 11) is 1.81. The molecule has 6 nitrogen and oxygen atoms in total. The molecule has 0 N–H and O–H groups in total. The van der Waals surface area contributed by atoms with Crippen molar-refractivity contribution in [3.8, 4) is 0 Å². The zero-order valence-electron chi connectivity index (χ0n) is 14.6. The molecule has 1 aromatic carbocycles. The Balaban J connectivity index is 1.75. The number of fused-ring (bicyclic) bond motifs is 1. The molecule has 1 aliphatic heterocycles. The van der Waals surface area contributed by atoms with Crippen LogP contribution in [0.4, 0.5) is 5.13 Å². The number of hydrogen-bond donors (Lipinski definition) is 0. The third-order valence-electron chi connectivity index (χ3n) is 4.54. The smallest absolute Gasteiger partial charge is 0.296 e. The van der Waals surface area contributed by atoms with Crippen molar-refractivity contribution in [3.63, 3.8) is 0 Å². The Morgan fingerprint density at radius 3 is 3.04 bits per heavy atom. The van der Waals surface area contributed by atoms with Gasteiger partial charge in [0.2, 0.25) is 0 Å². The van der Waals surface area contributed by atoms with E-state index in [1.165, 1.54) is 11.3 Å². The lowest BCUT2D eigenvalue weighted by Gasteiger charge is -2.22. The number of ether oxygens (including phenoxy) is 1. The SMILES string of the molecule is Cc1cc(Cl)cc2sc(N(CC3CCCO3)C(=O)c3nccn3C)nc12.